The maximum absolute atomic E-state index is 13.7. The van der Waals surface area contributed by atoms with Crippen molar-refractivity contribution in [2.24, 2.45) is 5.92 Å². The van der Waals surface area contributed by atoms with Crippen molar-refractivity contribution in [3.63, 3.8) is 0 Å². The number of rotatable bonds is 8. The van der Waals surface area contributed by atoms with Crippen molar-refractivity contribution in [3.05, 3.63) is 24.5 Å². The van der Waals surface area contributed by atoms with E-state index < -0.39 is 0 Å². The van der Waals surface area contributed by atoms with Crippen molar-refractivity contribution in [1.29, 1.82) is 0 Å². The summed E-state index contributed by atoms with van der Waals surface area (Å²) >= 11 is 0. The summed E-state index contributed by atoms with van der Waals surface area (Å²) < 4.78 is 7.73. The number of carbonyl (C=O) groups excluding carboxylic acids is 1. The molecule has 1 aromatic rings. The van der Waals surface area contributed by atoms with Crippen molar-refractivity contribution in [3.8, 4) is 0 Å². The molecule has 1 amide bonds. The summed E-state index contributed by atoms with van der Waals surface area (Å²) in [6.07, 6.45) is 17.5. The molecule has 0 spiro atoms. The number of fused-ring (bicyclic) bond motifs is 1. The maximum atomic E-state index is 13.7. The minimum absolute atomic E-state index is 0.0341. The number of hydrogen-bond acceptors (Lipinski definition) is 3. The molecule has 2 saturated heterocycles. The zero-order valence-corrected chi connectivity index (χ0v) is 18.9. The third kappa shape index (κ3) is 4.94. The van der Waals surface area contributed by atoms with Gasteiger partial charge in [0.15, 0.2) is 0 Å². The largest absolute Gasteiger partial charge is 0.383 e. The molecule has 1 aromatic heterocycles. The standard InChI is InChI=1S/C25H41N3O2/c1-30-19-18-27(21-22-10-9-15-26-14-6-3-11-23(22)26)24(29)20-25(12-4-2-5-13-25)28-16-7-8-17-28/h7-8,16-17,22-23H,2-6,9-15,18-21H2,1H3. The summed E-state index contributed by atoms with van der Waals surface area (Å²) in [6.45, 7) is 4.77. The summed E-state index contributed by atoms with van der Waals surface area (Å²) in [5.41, 5.74) is -0.0341. The van der Waals surface area contributed by atoms with Gasteiger partial charge in [-0.1, -0.05) is 25.7 Å². The highest BCUT2D eigenvalue weighted by Gasteiger charge is 2.39. The smallest absolute Gasteiger partial charge is 0.225 e. The fourth-order valence-corrected chi connectivity index (χ4v) is 6.37. The lowest BCUT2D eigenvalue weighted by atomic mass is 9.78. The van der Waals surface area contributed by atoms with E-state index in [0.29, 0.717) is 30.9 Å². The highest BCUT2D eigenvalue weighted by molar-refractivity contribution is 5.77. The van der Waals surface area contributed by atoms with Gasteiger partial charge < -0.3 is 19.1 Å². The van der Waals surface area contributed by atoms with Gasteiger partial charge >= 0.3 is 0 Å². The SMILES string of the molecule is COCCN(CC1CCCN2CCCCC12)C(=O)CC1(n2cccc2)CCCCC1. The Balaban J connectivity index is 1.47. The Morgan fingerprint density at radius 3 is 2.57 bits per heavy atom. The second kappa shape index (κ2) is 10.3. The molecule has 3 aliphatic rings. The summed E-state index contributed by atoms with van der Waals surface area (Å²) in [7, 11) is 1.74. The molecule has 3 heterocycles. The molecule has 30 heavy (non-hydrogen) atoms. The Hall–Kier alpha value is -1.33. The number of hydrogen-bond donors (Lipinski definition) is 0. The van der Waals surface area contributed by atoms with Crippen LogP contribution in [0.25, 0.3) is 0 Å². The zero-order valence-electron chi connectivity index (χ0n) is 18.9. The van der Waals surface area contributed by atoms with Gasteiger partial charge in [0.25, 0.3) is 0 Å². The third-order valence-electron chi connectivity index (χ3n) is 8.02. The number of carbonyl (C=O) groups is 1. The van der Waals surface area contributed by atoms with Gasteiger partial charge in [0.1, 0.15) is 0 Å². The minimum atomic E-state index is -0.0341. The van der Waals surface area contributed by atoms with Crippen LogP contribution in [0.5, 0.6) is 0 Å². The van der Waals surface area contributed by atoms with Gasteiger partial charge in [0.2, 0.25) is 5.91 Å². The third-order valence-corrected chi connectivity index (χ3v) is 8.02. The molecule has 0 radical (unpaired) electrons. The van der Waals surface area contributed by atoms with Crippen LogP contribution in [0.2, 0.25) is 0 Å². The van der Waals surface area contributed by atoms with E-state index in [1.165, 1.54) is 64.5 Å². The van der Waals surface area contributed by atoms with Gasteiger partial charge in [-0.15, -0.1) is 0 Å². The first-order valence-corrected chi connectivity index (χ1v) is 12.4. The van der Waals surface area contributed by atoms with Crippen molar-refractivity contribution in [2.75, 3.05) is 39.9 Å². The van der Waals surface area contributed by atoms with Crippen molar-refractivity contribution >= 4 is 5.91 Å². The normalized spacial score (nSPS) is 26.8. The molecular formula is C25H41N3O2. The van der Waals surface area contributed by atoms with Crippen LogP contribution in [-0.4, -0.2) is 66.2 Å². The van der Waals surface area contributed by atoms with Gasteiger partial charge in [-0.3, -0.25) is 4.79 Å². The van der Waals surface area contributed by atoms with Crippen LogP contribution >= 0.6 is 0 Å². The van der Waals surface area contributed by atoms with Crippen LogP contribution in [-0.2, 0) is 15.1 Å². The van der Waals surface area contributed by atoms with Gasteiger partial charge in [-0.2, -0.15) is 0 Å². The first kappa shape index (κ1) is 21.9. The summed E-state index contributed by atoms with van der Waals surface area (Å²) in [5, 5.41) is 0. The summed E-state index contributed by atoms with van der Waals surface area (Å²) in [6, 6.07) is 4.88. The van der Waals surface area contributed by atoms with Crippen molar-refractivity contribution < 1.29 is 9.53 Å². The topological polar surface area (TPSA) is 37.7 Å². The molecule has 0 bridgehead atoms. The molecule has 4 rings (SSSR count). The van der Waals surface area contributed by atoms with E-state index in [1.807, 2.05) is 0 Å². The molecule has 3 fully saturated rings. The van der Waals surface area contributed by atoms with Crippen LogP contribution in [0, 0.1) is 5.92 Å². The Kier molecular flexibility index (Phi) is 7.53. The zero-order chi connectivity index (χ0) is 20.8. The molecule has 168 valence electrons. The van der Waals surface area contributed by atoms with Gasteiger partial charge in [-0.05, 0) is 69.7 Å². The van der Waals surface area contributed by atoms with Crippen LogP contribution in [0.3, 0.4) is 0 Å². The number of piperidine rings is 2. The van der Waals surface area contributed by atoms with E-state index in [9.17, 15) is 4.79 Å². The van der Waals surface area contributed by atoms with Gasteiger partial charge in [-0.25, -0.2) is 0 Å². The molecule has 2 unspecified atom stereocenters. The van der Waals surface area contributed by atoms with Crippen molar-refractivity contribution in [1.82, 2.24) is 14.4 Å². The van der Waals surface area contributed by atoms with Crippen LogP contribution in [0.1, 0.15) is 70.6 Å². The number of ether oxygens (including phenoxy) is 1. The maximum Gasteiger partial charge on any atom is 0.225 e. The lowest BCUT2D eigenvalue weighted by Gasteiger charge is -2.46. The number of aromatic nitrogens is 1. The predicted molar refractivity (Wildman–Crippen MR) is 121 cm³/mol. The minimum Gasteiger partial charge on any atom is -0.383 e. The van der Waals surface area contributed by atoms with E-state index in [4.69, 9.17) is 4.74 Å². The lowest BCUT2D eigenvalue weighted by molar-refractivity contribution is -0.136. The average Bonchev–Trinajstić information content (AvgIpc) is 3.33. The predicted octanol–water partition coefficient (Wildman–Crippen LogP) is 4.28. The monoisotopic (exact) mass is 415 g/mol. The molecule has 0 aromatic carbocycles. The first-order valence-electron chi connectivity index (χ1n) is 12.4. The fraction of sp³-hybridized carbons (Fsp3) is 0.800. The van der Waals surface area contributed by atoms with E-state index in [1.54, 1.807) is 7.11 Å². The second-order valence-electron chi connectivity index (χ2n) is 9.89. The molecule has 2 aliphatic heterocycles. The van der Waals surface area contributed by atoms with Gasteiger partial charge in [0, 0.05) is 38.6 Å². The number of nitrogens with zero attached hydrogens (tertiary/aromatic N) is 3. The first-order chi connectivity index (χ1) is 14.7. The fourth-order valence-electron chi connectivity index (χ4n) is 6.37. The molecule has 5 heteroatoms. The molecular weight excluding hydrogens is 374 g/mol. The lowest BCUT2D eigenvalue weighted by Crippen LogP contribution is -2.52. The molecule has 1 aliphatic carbocycles. The molecule has 5 nitrogen and oxygen atoms in total. The van der Waals surface area contributed by atoms with Gasteiger partial charge in [0.05, 0.1) is 18.6 Å². The summed E-state index contributed by atoms with van der Waals surface area (Å²) in [4.78, 5) is 18.6. The van der Waals surface area contributed by atoms with E-state index >= 15 is 0 Å². The Labute approximate surface area is 182 Å². The Morgan fingerprint density at radius 2 is 1.80 bits per heavy atom. The summed E-state index contributed by atoms with van der Waals surface area (Å²) in [5.74, 6) is 0.948. The average molecular weight is 416 g/mol. The van der Waals surface area contributed by atoms with Crippen LogP contribution < -0.4 is 0 Å². The number of methoxy groups -OCH3 is 1. The van der Waals surface area contributed by atoms with Crippen LogP contribution in [0.4, 0.5) is 0 Å². The van der Waals surface area contributed by atoms with Crippen molar-refractivity contribution in [2.45, 2.75) is 82.2 Å². The Bertz CT molecular complexity index is 651. The van der Waals surface area contributed by atoms with E-state index in [0.717, 1.165) is 25.9 Å². The molecule has 1 saturated carbocycles. The number of amides is 1. The van der Waals surface area contributed by atoms with Crippen LogP contribution in [0.15, 0.2) is 24.5 Å². The molecule has 0 N–H and O–H groups in total. The van der Waals surface area contributed by atoms with E-state index in [-0.39, 0.29) is 5.54 Å². The second-order valence-corrected chi connectivity index (χ2v) is 9.89. The highest BCUT2D eigenvalue weighted by Crippen LogP contribution is 2.39. The Morgan fingerprint density at radius 1 is 1.03 bits per heavy atom. The highest BCUT2D eigenvalue weighted by atomic mass is 16.5. The quantitative estimate of drug-likeness (QED) is 0.636. The van der Waals surface area contributed by atoms with E-state index in [2.05, 4.69) is 38.9 Å². The molecule has 2 atom stereocenters.